The minimum Gasteiger partial charge on any atom is -0.352 e. The number of hydrogen-bond donors (Lipinski definition) is 1. The second-order valence-corrected chi connectivity index (χ2v) is 13.0. The molecule has 1 atom stereocenters. The highest BCUT2D eigenvalue weighted by atomic mass is 35.5. The first-order valence-electron chi connectivity index (χ1n) is 12.4. The van der Waals surface area contributed by atoms with Crippen LogP contribution in [0.25, 0.3) is 0 Å². The molecule has 7 nitrogen and oxygen atoms in total. The van der Waals surface area contributed by atoms with E-state index in [9.17, 15) is 18.0 Å². The van der Waals surface area contributed by atoms with Crippen LogP contribution >= 0.6 is 46.4 Å². The molecule has 0 aliphatic heterocycles. The molecular weight excluding hydrogens is 592 g/mol. The van der Waals surface area contributed by atoms with Gasteiger partial charge in [0, 0.05) is 27.7 Å². The van der Waals surface area contributed by atoms with Gasteiger partial charge in [0.05, 0.1) is 17.0 Å². The molecule has 0 heterocycles. The topological polar surface area (TPSA) is 86.8 Å². The van der Waals surface area contributed by atoms with Crippen molar-refractivity contribution in [3.05, 3.63) is 62.1 Å². The summed E-state index contributed by atoms with van der Waals surface area (Å²) in [6.45, 7) is 1.22. The molecule has 3 rings (SSSR count). The lowest BCUT2D eigenvalue weighted by Gasteiger charge is -2.34. The lowest BCUT2D eigenvalue weighted by Crippen LogP contribution is -2.54. The van der Waals surface area contributed by atoms with E-state index in [-0.39, 0.29) is 29.2 Å². The smallest absolute Gasteiger partial charge is 0.244 e. The molecule has 1 saturated carbocycles. The number of hydrogen-bond acceptors (Lipinski definition) is 4. The van der Waals surface area contributed by atoms with Crippen molar-refractivity contribution in [1.29, 1.82) is 0 Å². The number of carbonyl (C=O) groups excluding carboxylic acids is 2. The normalized spacial score (nSPS) is 15.1. The first kappa shape index (κ1) is 30.8. The molecule has 0 saturated heterocycles. The highest BCUT2D eigenvalue weighted by molar-refractivity contribution is 7.92. The molecule has 12 heteroatoms. The largest absolute Gasteiger partial charge is 0.352 e. The maximum atomic E-state index is 13.8. The number of nitrogens with one attached hydrogen (secondary N) is 1. The molecule has 2 aromatic carbocycles. The lowest BCUT2D eigenvalue weighted by atomic mass is 9.95. The van der Waals surface area contributed by atoms with Gasteiger partial charge < -0.3 is 10.2 Å². The third kappa shape index (κ3) is 8.15. The van der Waals surface area contributed by atoms with Crippen molar-refractivity contribution in [3.63, 3.8) is 0 Å². The zero-order valence-corrected chi connectivity index (χ0v) is 25.1. The van der Waals surface area contributed by atoms with Gasteiger partial charge in [-0.1, -0.05) is 78.7 Å². The average molecular weight is 623 g/mol. The van der Waals surface area contributed by atoms with Crippen molar-refractivity contribution in [2.24, 2.45) is 0 Å². The first-order chi connectivity index (χ1) is 17.9. The molecule has 0 bridgehead atoms. The van der Waals surface area contributed by atoms with E-state index < -0.39 is 28.5 Å². The monoisotopic (exact) mass is 621 g/mol. The third-order valence-electron chi connectivity index (χ3n) is 6.55. The second-order valence-electron chi connectivity index (χ2n) is 9.39. The third-order valence-corrected chi connectivity index (χ3v) is 8.80. The van der Waals surface area contributed by atoms with Crippen LogP contribution in [0.15, 0.2) is 36.4 Å². The zero-order chi connectivity index (χ0) is 28.0. The van der Waals surface area contributed by atoms with Crippen LogP contribution in [-0.4, -0.2) is 50.0 Å². The number of benzene rings is 2. The zero-order valence-electron chi connectivity index (χ0n) is 21.2. The molecular formula is C26H31Cl4N3O4S. The standard InChI is InChI=1S/C26H31Cl4N3O4S/c1-3-23(26(35)31-20-7-5-4-6-8-20)32(15-17-9-10-18(27)13-21(17)29)25(34)16-33(38(2,36)37)24-12-11-19(28)14-22(24)30/h9-14,20,23H,3-8,15-16H2,1-2H3,(H,31,35)/t23-/m0/s1. The van der Waals surface area contributed by atoms with E-state index in [0.29, 0.717) is 27.1 Å². The fraction of sp³-hybridized carbons (Fsp3) is 0.462. The van der Waals surface area contributed by atoms with Crippen LogP contribution in [0.3, 0.4) is 0 Å². The Balaban J connectivity index is 1.96. The summed E-state index contributed by atoms with van der Waals surface area (Å²) in [5, 5.41) is 4.25. The highest BCUT2D eigenvalue weighted by Gasteiger charge is 2.33. The van der Waals surface area contributed by atoms with Crippen molar-refractivity contribution in [3.8, 4) is 0 Å². The Morgan fingerprint density at radius 2 is 1.58 bits per heavy atom. The molecule has 0 aromatic heterocycles. The summed E-state index contributed by atoms with van der Waals surface area (Å²) in [6.07, 6.45) is 6.28. The van der Waals surface area contributed by atoms with E-state index in [2.05, 4.69) is 5.32 Å². The van der Waals surface area contributed by atoms with E-state index in [1.54, 1.807) is 25.1 Å². The molecule has 1 aliphatic carbocycles. The van der Waals surface area contributed by atoms with Crippen LogP contribution in [0.2, 0.25) is 20.1 Å². The fourth-order valence-electron chi connectivity index (χ4n) is 4.58. The molecule has 0 radical (unpaired) electrons. The molecule has 1 fully saturated rings. The summed E-state index contributed by atoms with van der Waals surface area (Å²) < 4.78 is 26.4. The molecule has 2 aromatic rings. The van der Waals surface area contributed by atoms with Gasteiger partial charge in [-0.3, -0.25) is 13.9 Å². The predicted molar refractivity (Wildman–Crippen MR) is 155 cm³/mol. The summed E-state index contributed by atoms with van der Waals surface area (Å²) in [4.78, 5) is 28.6. The minimum absolute atomic E-state index is 0.0165. The summed E-state index contributed by atoms with van der Waals surface area (Å²) in [6, 6.07) is 8.40. The number of halogens is 4. The summed E-state index contributed by atoms with van der Waals surface area (Å²) in [5.74, 6) is -0.869. The maximum absolute atomic E-state index is 13.8. The number of nitrogens with zero attached hydrogens (tertiary/aromatic N) is 2. The van der Waals surface area contributed by atoms with E-state index in [1.807, 2.05) is 0 Å². The minimum atomic E-state index is -3.93. The van der Waals surface area contributed by atoms with Crippen molar-refractivity contribution in [2.45, 2.75) is 64.1 Å². The van der Waals surface area contributed by atoms with Crippen LogP contribution < -0.4 is 9.62 Å². The Bertz CT molecular complexity index is 1270. The molecule has 1 N–H and O–H groups in total. The summed E-state index contributed by atoms with van der Waals surface area (Å²) >= 11 is 24.8. The van der Waals surface area contributed by atoms with Crippen molar-refractivity contribution in [1.82, 2.24) is 10.2 Å². The molecule has 38 heavy (non-hydrogen) atoms. The van der Waals surface area contributed by atoms with E-state index in [1.165, 1.54) is 23.1 Å². The van der Waals surface area contributed by atoms with Crippen LogP contribution in [-0.2, 0) is 26.2 Å². The van der Waals surface area contributed by atoms with Gasteiger partial charge in [0.1, 0.15) is 12.6 Å². The summed E-state index contributed by atoms with van der Waals surface area (Å²) in [7, 11) is -3.93. The van der Waals surface area contributed by atoms with Crippen LogP contribution in [0, 0.1) is 0 Å². The number of carbonyl (C=O) groups is 2. The van der Waals surface area contributed by atoms with Gasteiger partial charge in [-0.05, 0) is 55.2 Å². The predicted octanol–water partition coefficient (Wildman–Crippen LogP) is 6.32. The van der Waals surface area contributed by atoms with Gasteiger partial charge in [-0.25, -0.2) is 8.42 Å². The number of sulfonamides is 1. The quantitative estimate of drug-likeness (QED) is 0.336. The van der Waals surface area contributed by atoms with Gasteiger partial charge in [0.15, 0.2) is 0 Å². The van der Waals surface area contributed by atoms with E-state index in [4.69, 9.17) is 46.4 Å². The van der Waals surface area contributed by atoms with E-state index >= 15 is 0 Å². The van der Waals surface area contributed by atoms with Gasteiger partial charge in [0.2, 0.25) is 21.8 Å². The van der Waals surface area contributed by atoms with Crippen molar-refractivity contribution in [2.75, 3.05) is 17.1 Å². The van der Waals surface area contributed by atoms with Gasteiger partial charge in [-0.2, -0.15) is 0 Å². The van der Waals surface area contributed by atoms with Gasteiger partial charge >= 0.3 is 0 Å². The Morgan fingerprint density at radius 3 is 2.13 bits per heavy atom. The molecule has 0 spiro atoms. The Labute approximate surface area is 244 Å². The second kappa shape index (κ2) is 13.6. The van der Waals surface area contributed by atoms with Crippen LogP contribution in [0.4, 0.5) is 5.69 Å². The number of amides is 2. The van der Waals surface area contributed by atoms with E-state index in [0.717, 1.165) is 42.7 Å². The Kier molecular flexibility index (Phi) is 11.0. The van der Waals surface area contributed by atoms with Crippen molar-refractivity contribution >= 4 is 73.9 Å². The average Bonchev–Trinajstić information content (AvgIpc) is 2.84. The van der Waals surface area contributed by atoms with Gasteiger partial charge in [-0.15, -0.1) is 0 Å². The highest BCUT2D eigenvalue weighted by Crippen LogP contribution is 2.31. The van der Waals surface area contributed by atoms with Gasteiger partial charge in [0.25, 0.3) is 0 Å². The maximum Gasteiger partial charge on any atom is 0.244 e. The lowest BCUT2D eigenvalue weighted by molar-refractivity contribution is -0.140. The number of anilines is 1. The van der Waals surface area contributed by atoms with Crippen LogP contribution in [0.1, 0.15) is 51.0 Å². The molecule has 208 valence electrons. The summed E-state index contributed by atoms with van der Waals surface area (Å²) in [5.41, 5.74) is 0.680. The first-order valence-corrected chi connectivity index (χ1v) is 15.7. The molecule has 2 amide bonds. The van der Waals surface area contributed by atoms with Crippen molar-refractivity contribution < 1.29 is 18.0 Å². The molecule has 1 aliphatic rings. The Hall–Kier alpha value is -1.71. The Morgan fingerprint density at radius 1 is 0.974 bits per heavy atom. The van der Waals surface area contributed by atoms with Crippen LogP contribution in [0.5, 0.6) is 0 Å². The number of rotatable bonds is 10. The SMILES string of the molecule is CC[C@@H](C(=O)NC1CCCCC1)N(Cc1ccc(Cl)cc1Cl)C(=O)CN(c1ccc(Cl)cc1Cl)S(C)(=O)=O. The molecule has 0 unspecified atom stereocenters. The fourth-order valence-corrected chi connectivity index (χ4v) is 6.47.